The lowest BCUT2D eigenvalue weighted by Crippen LogP contribution is -2.21. The van der Waals surface area contributed by atoms with Crippen LogP contribution in [0.2, 0.25) is 0 Å². The van der Waals surface area contributed by atoms with Crippen molar-refractivity contribution in [2.75, 3.05) is 24.9 Å². The van der Waals surface area contributed by atoms with Crippen LogP contribution in [0, 0.1) is 6.92 Å². The third kappa shape index (κ3) is 4.51. The van der Waals surface area contributed by atoms with Gasteiger partial charge in [-0.05, 0) is 48.7 Å². The highest BCUT2D eigenvalue weighted by atomic mass is 32.1. The van der Waals surface area contributed by atoms with Crippen LogP contribution in [0.15, 0.2) is 18.2 Å². The fraction of sp³-hybridized carbons (Fsp3) is 0.350. The number of thiophene rings is 1. The van der Waals surface area contributed by atoms with E-state index in [0.717, 1.165) is 41.0 Å². The molecule has 2 aromatic rings. The molecule has 0 bridgehead atoms. The van der Waals surface area contributed by atoms with Gasteiger partial charge in [-0.15, -0.1) is 11.3 Å². The van der Waals surface area contributed by atoms with Crippen LogP contribution in [0.4, 0.5) is 10.7 Å². The minimum Gasteiger partial charge on any atom is -0.465 e. The zero-order valence-corrected chi connectivity index (χ0v) is 18.2. The van der Waals surface area contributed by atoms with Gasteiger partial charge in [0.05, 0.1) is 19.8 Å². The summed E-state index contributed by atoms with van der Waals surface area (Å²) in [6, 6.07) is 6.13. The number of carbonyl (C=O) groups is 2. The minimum atomic E-state index is -0.544. The van der Waals surface area contributed by atoms with E-state index >= 15 is 0 Å². The van der Waals surface area contributed by atoms with Crippen molar-refractivity contribution in [3.63, 3.8) is 0 Å². The van der Waals surface area contributed by atoms with E-state index in [0.29, 0.717) is 20.6 Å². The predicted molar refractivity (Wildman–Crippen MR) is 117 cm³/mol. The van der Waals surface area contributed by atoms with Crippen LogP contribution >= 0.6 is 23.6 Å². The van der Waals surface area contributed by atoms with E-state index in [4.69, 9.17) is 21.7 Å². The van der Waals surface area contributed by atoms with Gasteiger partial charge in [0.25, 0.3) is 0 Å². The molecule has 0 fully saturated rings. The molecule has 2 N–H and O–H groups in total. The van der Waals surface area contributed by atoms with Crippen molar-refractivity contribution in [2.45, 2.75) is 33.6 Å². The number of methoxy groups -OCH3 is 2. The number of rotatable bonds is 6. The van der Waals surface area contributed by atoms with Crippen molar-refractivity contribution < 1.29 is 19.1 Å². The van der Waals surface area contributed by atoms with Crippen LogP contribution in [0.3, 0.4) is 0 Å². The Balaban J connectivity index is 2.37. The third-order valence-electron chi connectivity index (χ3n) is 4.37. The van der Waals surface area contributed by atoms with Crippen LogP contribution in [-0.4, -0.2) is 31.3 Å². The third-order valence-corrected chi connectivity index (χ3v) is 5.76. The molecule has 28 heavy (non-hydrogen) atoms. The second kappa shape index (κ2) is 9.66. The fourth-order valence-electron chi connectivity index (χ4n) is 2.89. The molecule has 2 rings (SSSR count). The Morgan fingerprint density at radius 3 is 2.11 bits per heavy atom. The lowest BCUT2D eigenvalue weighted by atomic mass is 10.0. The number of ether oxygens (including phenoxy) is 2. The molecule has 1 heterocycles. The summed E-state index contributed by atoms with van der Waals surface area (Å²) in [5, 5.41) is 7.06. The van der Waals surface area contributed by atoms with E-state index in [9.17, 15) is 9.59 Å². The highest BCUT2D eigenvalue weighted by Crippen LogP contribution is 2.34. The molecule has 0 saturated carbocycles. The highest BCUT2D eigenvalue weighted by Gasteiger charge is 2.26. The first-order chi connectivity index (χ1) is 13.4. The molecule has 8 heteroatoms. The first-order valence-corrected chi connectivity index (χ1v) is 10.1. The van der Waals surface area contributed by atoms with Crippen LogP contribution in [-0.2, 0) is 22.3 Å². The maximum Gasteiger partial charge on any atom is 0.348 e. The quantitative estimate of drug-likeness (QED) is 0.524. The smallest absolute Gasteiger partial charge is 0.348 e. The molecule has 0 unspecified atom stereocenters. The molecule has 0 aliphatic carbocycles. The van der Waals surface area contributed by atoms with Crippen molar-refractivity contribution in [3.8, 4) is 0 Å². The van der Waals surface area contributed by atoms with Gasteiger partial charge in [0.1, 0.15) is 9.88 Å². The number of thiocarbonyl (C=S) groups is 1. The number of para-hydroxylation sites is 1. The molecule has 0 aliphatic heterocycles. The van der Waals surface area contributed by atoms with Crippen molar-refractivity contribution in [1.29, 1.82) is 0 Å². The van der Waals surface area contributed by atoms with E-state index in [1.54, 1.807) is 6.92 Å². The van der Waals surface area contributed by atoms with Gasteiger partial charge in [-0.25, -0.2) is 9.59 Å². The molecule has 0 aliphatic rings. The largest absolute Gasteiger partial charge is 0.465 e. The van der Waals surface area contributed by atoms with Crippen molar-refractivity contribution in [2.24, 2.45) is 0 Å². The number of hydrogen-bond donors (Lipinski definition) is 2. The van der Waals surface area contributed by atoms with Crippen molar-refractivity contribution in [3.05, 3.63) is 45.3 Å². The minimum absolute atomic E-state index is 0.275. The van der Waals surface area contributed by atoms with Gasteiger partial charge in [0.15, 0.2) is 5.11 Å². The molecule has 0 radical (unpaired) electrons. The Morgan fingerprint density at radius 2 is 1.61 bits per heavy atom. The summed E-state index contributed by atoms with van der Waals surface area (Å²) in [7, 11) is 2.59. The van der Waals surface area contributed by atoms with Crippen molar-refractivity contribution in [1.82, 2.24) is 0 Å². The second-order valence-corrected chi connectivity index (χ2v) is 7.41. The molecule has 1 aromatic carbocycles. The van der Waals surface area contributed by atoms with E-state index in [-0.39, 0.29) is 5.56 Å². The molecule has 1 aromatic heterocycles. The first kappa shape index (κ1) is 21.8. The van der Waals surface area contributed by atoms with Crippen LogP contribution < -0.4 is 10.6 Å². The molecule has 0 amide bonds. The Hall–Kier alpha value is -2.45. The van der Waals surface area contributed by atoms with Gasteiger partial charge in [0.2, 0.25) is 0 Å². The van der Waals surface area contributed by atoms with Crippen molar-refractivity contribution >= 4 is 51.3 Å². The Kier molecular flexibility index (Phi) is 7.53. The average molecular weight is 421 g/mol. The van der Waals surface area contributed by atoms with Crippen LogP contribution in [0.25, 0.3) is 0 Å². The maximum atomic E-state index is 12.2. The lowest BCUT2D eigenvalue weighted by molar-refractivity contribution is 0.0601. The molecule has 0 spiro atoms. The summed E-state index contributed by atoms with van der Waals surface area (Å²) >= 11 is 6.59. The van der Waals surface area contributed by atoms with Gasteiger partial charge in [-0.1, -0.05) is 32.0 Å². The molecule has 0 atom stereocenters. The van der Waals surface area contributed by atoms with Gasteiger partial charge < -0.3 is 20.1 Å². The van der Waals surface area contributed by atoms with Crippen LogP contribution in [0.5, 0.6) is 0 Å². The van der Waals surface area contributed by atoms with Gasteiger partial charge >= 0.3 is 11.9 Å². The number of nitrogens with one attached hydrogen (secondary N) is 2. The summed E-state index contributed by atoms with van der Waals surface area (Å²) in [5.41, 5.74) is 4.03. The summed E-state index contributed by atoms with van der Waals surface area (Å²) < 4.78 is 9.67. The Labute approximate surface area is 174 Å². The summed E-state index contributed by atoms with van der Waals surface area (Å²) in [5.74, 6) is -1.05. The van der Waals surface area contributed by atoms with E-state index in [1.165, 1.54) is 14.2 Å². The predicted octanol–water partition coefficient (Wildman–Crippen LogP) is 4.56. The Morgan fingerprint density at radius 1 is 1.04 bits per heavy atom. The zero-order valence-electron chi connectivity index (χ0n) is 16.6. The average Bonchev–Trinajstić information content (AvgIpc) is 3.02. The Bertz CT molecular complexity index is 884. The molecule has 150 valence electrons. The van der Waals surface area contributed by atoms with Gasteiger partial charge in [-0.3, -0.25) is 0 Å². The monoisotopic (exact) mass is 420 g/mol. The standard InChI is InChI=1S/C20H24N2O4S2/c1-6-12-9-8-10-13(7-2)15(12)21-20(27)22-17-14(18(23)25-4)11(3)16(28-17)19(24)26-5/h8-10H,6-7H2,1-5H3,(H2,21,22,27). The fourth-order valence-corrected chi connectivity index (χ4v) is 4.27. The summed E-state index contributed by atoms with van der Waals surface area (Å²) in [4.78, 5) is 24.6. The normalized spacial score (nSPS) is 10.3. The maximum absolute atomic E-state index is 12.2. The second-order valence-electron chi connectivity index (χ2n) is 5.98. The molecule has 0 saturated heterocycles. The number of esters is 2. The lowest BCUT2D eigenvalue weighted by Gasteiger charge is -2.17. The van der Waals surface area contributed by atoms with Crippen LogP contribution in [0.1, 0.15) is 50.6 Å². The van der Waals surface area contributed by atoms with E-state index in [2.05, 4.69) is 36.6 Å². The number of anilines is 2. The number of aryl methyl sites for hydroxylation is 2. The van der Waals surface area contributed by atoms with E-state index < -0.39 is 11.9 Å². The SMILES string of the molecule is CCc1cccc(CC)c1NC(=S)Nc1sc(C(=O)OC)c(C)c1C(=O)OC. The number of carbonyl (C=O) groups excluding carboxylic acids is 2. The molecular formula is C20H24N2O4S2. The van der Waals surface area contributed by atoms with E-state index in [1.807, 2.05) is 6.07 Å². The number of hydrogen-bond acceptors (Lipinski definition) is 6. The first-order valence-electron chi connectivity index (χ1n) is 8.86. The summed E-state index contributed by atoms with van der Waals surface area (Å²) in [6.07, 6.45) is 1.72. The van der Waals surface area contributed by atoms with Gasteiger partial charge in [0, 0.05) is 5.69 Å². The topological polar surface area (TPSA) is 76.7 Å². The molecular weight excluding hydrogens is 396 g/mol. The highest BCUT2D eigenvalue weighted by molar-refractivity contribution is 7.80. The number of benzene rings is 1. The molecule has 6 nitrogen and oxygen atoms in total. The summed E-state index contributed by atoms with van der Waals surface area (Å²) in [6.45, 7) is 5.84. The zero-order chi connectivity index (χ0) is 20.8. The van der Waals surface area contributed by atoms with Gasteiger partial charge in [-0.2, -0.15) is 0 Å².